The zero-order chi connectivity index (χ0) is 9.40. The van der Waals surface area contributed by atoms with Crippen molar-refractivity contribution in [3.8, 4) is 0 Å². The van der Waals surface area contributed by atoms with Gasteiger partial charge in [0.05, 0.1) is 6.10 Å². The van der Waals surface area contributed by atoms with Crippen molar-refractivity contribution in [1.82, 2.24) is 0 Å². The van der Waals surface area contributed by atoms with Gasteiger partial charge in [0.15, 0.2) is 0 Å². The average Bonchev–Trinajstić information content (AvgIpc) is 2.07. The van der Waals surface area contributed by atoms with Crippen LogP contribution in [-0.4, -0.2) is 25.3 Å². The first-order valence-electron chi connectivity index (χ1n) is 4.30. The molecule has 0 fully saturated rings. The van der Waals surface area contributed by atoms with E-state index < -0.39 is 0 Å². The summed E-state index contributed by atoms with van der Waals surface area (Å²) in [4.78, 5) is 20.8. The van der Waals surface area contributed by atoms with E-state index in [4.69, 9.17) is 4.74 Å². The maximum Gasteiger partial charge on any atom is 0.125 e. The molecule has 0 rings (SSSR count). The van der Waals surface area contributed by atoms with Gasteiger partial charge in [0, 0.05) is 18.9 Å². The molecule has 0 aliphatic rings. The van der Waals surface area contributed by atoms with Crippen LogP contribution in [0.4, 0.5) is 0 Å². The van der Waals surface area contributed by atoms with Gasteiger partial charge < -0.3 is 14.3 Å². The fourth-order valence-electron chi connectivity index (χ4n) is 1.12. The molecule has 12 heavy (non-hydrogen) atoms. The summed E-state index contributed by atoms with van der Waals surface area (Å²) in [6.45, 7) is 4.31. The van der Waals surface area contributed by atoms with Crippen LogP contribution in [0, 0.1) is 5.92 Å². The second-order valence-electron chi connectivity index (χ2n) is 2.60. The summed E-state index contributed by atoms with van der Waals surface area (Å²) in [6.07, 6.45) is 2.47. The molecule has 0 bridgehead atoms. The average molecular weight is 172 g/mol. The lowest BCUT2D eigenvalue weighted by Gasteiger charge is -2.19. The van der Waals surface area contributed by atoms with Crippen molar-refractivity contribution < 1.29 is 14.3 Å². The van der Waals surface area contributed by atoms with Crippen molar-refractivity contribution in [3.05, 3.63) is 0 Å². The molecule has 0 aromatic carbocycles. The number of hydrogen-bond donors (Lipinski definition) is 0. The Morgan fingerprint density at radius 1 is 1.33 bits per heavy atom. The molecule has 0 aliphatic heterocycles. The molecular formula is C9H16O3. The van der Waals surface area contributed by atoms with Gasteiger partial charge in [-0.05, 0) is 13.3 Å². The van der Waals surface area contributed by atoms with Gasteiger partial charge in [-0.3, -0.25) is 0 Å². The highest BCUT2D eigenvalue weighted by atomic mass is 16.5. The van der Waals surface area contributed by atoms with Gasteiger partial charge in [-0.2, -0.15) is 0 Å². The summed E-state index contributed by atoms with van der Waals surface area (Å²) in [5, 5.41) is 0. The van der Waals surface area contributed by atoms with Crippen molar-refractivity contribution in [2.45, 2.75) is 32.8 Å². The van der Waals surface area contributed by atoms with Crippen LogP contribution in [0.3, 0.4) is 0 Å². The maximum absolute atomic E-state index is 10.5. The number of ether oxygens (including phenoxy) is 1. The number of aldehydes is 2. The minimum absolute atomic E-state index is 0.143. The number of carbonyl (C=O) groups is 2. The summed E-state index contributed by atoms with van der Waals surface area (Å²) in [5.74, 6) is -0.143. The molecule has 2 unspecified atom stereocenters. The van der Waals surface area contributed by atoms with Crippen LogP contribution in [-0.2, 0) is 14.3 Å². The van der Waals surface area contributed by atoms with Gasteiger partial charge in [0.1, 0.15) is 12.6 Å². The van der Waals surface area contributed by atoms with Crippen LogP contribution in [0.1, 0.15) is 26.7 Å². The molecule has 0 heterocycles. The smallest absolute Gasteiger partial charge is 0.125 e. The third kappa shape index (κ3) is 3.62. The fraction of sp³-hybridized carbons (Fsp3) is 0.778. The molecule has 0 aliphatic carbocycles. The molecule has 0 saturated heterocycles. The van der Waals surface area contributed by atoms with E-state index in [2.05, 4.69) is 0 Å². The van der Waals surface area contributed by atoms with E-state index in [0.717, 1.165) is 19.0 Å². The lowest BCUT2D eigenvalue weighted by atomic mass is 9.99. The third-order valence-corrected chi connectivity index (χ3v) is 1.83. The summed E-state index contributed by atoms with van der Waals surface area (Å²) >= 11 is 0. The van der Waals surface area contributed by atoms with Gasteiger partial charge in [0.25, 0.3) is 0 Å². The molecule has 0 radical (unpaired) electrons. The molecule has 70 valence electrons. The van der Waals surface area contributed by atoms with E-state index in [-0.39, 0.29) is 12.0 Å². The largest absolute Gasteiger partial charge is 0.377 e. The van der Waals surface area contributed by atoms with Crippen molar-refractivity contribution in [3.63, 3.8) is 0 Å². The van der Waals surface area contributed by atoms with Crippen LogP contribution in [0.25, 0.3) is 0 Å². The SMILES string of the molecule is CCOC(CC=O)C(C=O)CC. The standard InChI is InChI=1S/C9H16O3/c1-3-8(7-11)9(5-6-10)12-4-2/h6-9H,3-5H2,1-2H3. The summed E-state index contributed by atoms with van der Waals surface area (Å²) < 4.78 is 5.26. The Bertz CT molecular complexity index is 134. The van der Waals surface area contributed by atoms with Crippen molar-refractivity contribution in [1.29, 1.82) is 0 Å². The van der Waals surface area contributed by atoms with Gasteiger partial charge in [-0.25, -0.2) is 0 Å². The molecule has 0 amide bonds. The quantitative estimate of drug-likeness (QED) is 0.542. The van der Waals surface area contributed by atoms with Crippen LogP contribution < -0.4 is 0 Å². The lowest BCUT2D eigenvalue weighted by molar-refractivity contribution is -0.118. The lowest BCUT2D eigenvalue weighted by Crippen LogP contribution is -2.25. The number of carbonyl (C=O) groups excluding carboxylic acids is 2. The van der Waals surface area contributed by atoms with Crippen LogP contribution in [0.2, 0.25) is 0 Å². The highest BCUT2D eigenvalue weighted by Crippen LogP contribution is 2.12. The van der Waals surface area contributed by atoms with Crippen molar-refractivity contribution in [2.24, 2.45) is 5.92 Å². The van der Waals surface area contributed by atoms with Gasteiger partial charge >= 0.3 is 0 Å². The number of hydrogen-bond acceptors (Lipinski definition) is 3. The van der Waals surface area contributed by atoms with Crippen LogP contribution in [0.5, 0.6) is 0 Å². The minimum atomic E-state index is -0.227. The van der Waals surface area contributed by atoms with Gasteiger partial charge in [0.2, 0.25) is 0 Å². The van der Waals surface area contributed by atoms with Crippen LogP contribution >= 0.6 is 0 Å². The van der Waals surface area contributed by atoms with E-state index in [1.165, 1.54) is 0 Å². The normalized spacial score (nSPS) is 15.2. The minimum Gasteiger partial charge on any atom is -0.377 e. The molecule has 0 aromatic rings. The van der Waals surface area contributed by atoms with E-state index in [9.17, 15) is 9.59 Å². The summed E-state index contributed by atoms with van der Waals surface area (Å²) in [7, 11) is 0. The zero-order valence-corrected chi connectivity index (χ0v) is 7.66. The second-order valence-corrected chi connectivity index (χ2v) is 2.60. The topological polar surface area (TPSA) is 43.4 Å². The van der Waals surface area contributed by atoms with E-state index in [0.29, 0.717) is 13.0 Å². The third-order valence-electron chi connectivity index (χ3n) is 1.83. The second kappa shape index (κ2) is 6.98. The molecular weight excluding hydrogens is 156 g/mol. The first kappa shape index (κ1) is 11.3. The maximum atomic E-state index is 10.5. The molecule has 3 nitrogen and oxygen atoms in total. The molecule has 0 N–H and O–H groups in total. The first-order chi connectivity index (χ1) is 5.79. The Morgan fingerprint density at radius 2 is 2.00 bits per heavy atom. The molecule has 0 aromatic heterocycles. The van der Waals surface area contributed by atoms with Crippen molar-refractivity contribution in [2.75, 3.05) is 6.61 Å². The highest BCUT2D eigenvalue weighted by Gasteiger charge is 2.18. The first-order valence-corrected chi connectivity index (χ1v) is 4.30. The Labute approximate surface area is 73.1 Å². The zero-order valence-electron chi connectivity index (χ0n) is 7.66. The molecule has 3 heteroatoms. The fourth-order valence-corrected chi connectivity index (χ4v) is 1.12. The van der Waals surface area contributed by atoms with E-state index in [1.54, 1.807) is 0 Å². The predicted molar refractivity (Wildman–Crippen MR) is 45.9 cm³/mol. The summed E-state index contributed by atoms with van der Waals surface area (Å²) in [5.41, 5.74) is 0. The monoisotopic (exact) mass is 172 g/mol. The van der Waals surface area contributed by atoms with Gasteiger partial charge in [-0.15, -0.1) is 0 Å². The molecule has 0 saturated carbocycles. The predicted octanol–water partition coefficient (Wildman–Crippen LogP) is 1.21. The van der Waals surface area contributed by atoms with Gasteiger partial charge in [-0.1, -0.05) is 6.92 Å². The molecule has 0 spiro atoms. The van der Waals surface area contributed by atoms with Crippen molar-refractivity contribution >= 4 is 12.6 Å². The Morgan fingerprint density at radius 3 is 2.33 bits per heavy atom. The Hall–Kier alpha value is -0.700. The Kier molecular flexibility index (Phi) is 6.57. The Balaban J connectivity index is 4.03. The number of rotatable bonds is 7. The van der Waals surface area contributed by atoms with E-state index >= 15 is 0 Å². The summed E-state index contributed by atoms with van der Waals surface area (Å²) in [6, 6.07) is 0. The van der Waals surface area contributed by atoms with Crippen LogP contribution in [0.15, 0.2) is 0 Å². The molecule has 2 atom stereocenters. The van der Waals surface area contributed by atoms with E-state index in [1.807, 2.05) is 13.8 Å². The highest BCUT2D eigenvalue weighted by molar-refractivity contribution is 5.57.